The van der Waals surface area contributed by atoms with E-state index in [1.807, 2.05) is 6.07 Å². The lowest BCUT2D eigenvalue weighted by molar-refractivity contribution is -0.111. The van der Waals surface area contributed by atoms with Crippen molar-refractivity contribution in [2.45, 2.75) is 18.7 Å². The molecule has 8 nitrogen and oxygen atoms in total. The number of nitrogens with zero attached hydrogens (tertiary/aromatic N) is 2. The largest absolute Gasteiger partial charge is 0.486 e. The van der Waals surface area contributed by atoms with Crippen LogP contribution in [0.5, 0.6) is 11.5 Å². The molecule has 0 unspecified atom stereocenters. The fraction of sp³-hybridized carbons (Fsp3) is 0.273. The number of carbonyl (C=O) groups is 1. The van der Waals surface area contributed by atoms with E-state index in [1.165, 1.54) is 21.7 Å². The van der Waals surface area contributed by atoms with Crippen molar-refractivity contribution < 1.29 is 22.7 Å². The van der Waals surface area contributed by atoms with Crippen LogP contribution in [0.15, 0.2) is 47.4 Å². The summed E-state index contributed by atoms with van der Waals surface area (Å²) in [6, 6.07) is 10.1. The fourth-order valence-electron chi connectivity index (χ4n) is 3.30. The number of sulfonamides is 1. The van der Waals surface area contributed by atoms with Crippen molar-refractivity contribution in [3.8, 4) is 11.5 Å². The van der Waals surface area contributed by atoms with Crippen LogP contribution in [0.25, 0.3) is 16.3 Å². The topological polar surface area (TPSA) is 97.8 Å². The number of ether oxygens (including phenoxy) is 2. The van der Waals surface area contributed by atoms with Crippen LogP contribution in [-0.4, -0.2) is 49.9 Å². The first-order valence-corrected chi connectivity index (χ1v) is 12.5. The quantitative estimate of drug-likeness (QED) is 0.525. The average Bonchev–Trinajstić information content (AvgIpc) is 3.17. The number of thiazole rings is 1. The van der Waals surface area contributed by atoms with Crippen molar-refractivity contribution in [3.05, 3.63) is 48.0 Å². The zero-order valence-corrected chi connectivity index (χ0v) is 19.3. The second-order valence-corrected chi connectivity index (χ2v) is 9.93. The van der Waals surface area contributed by atoms with Gasteiger partial charge in [-0.05, 0) is 23.8 Å². The predicted molar refractivity (Wildman–Crippen MR) is 125 cm³/mol. The van der Waals surface area contributed by atoms with Crippen LogP contribution in [0, 0.1) is 0 Å². The summed E-state index contributed by atoms with van der Waals surface area (Å²) in [5.41, 5.74) is 1.44. The highest BCUT2D eigenvalue weighted by Crippen LogP contribution is 2.37. The zero-order valence-electron chi connectivity index (χ0n) is 17.7. The number of hydrogen-bond acceptors (Lipinski definition) is 7. The molecular formula is C22H23N3O5S2. The summed E-state index contributed by atoms with van der Waals surface area (Å²) in [5, 5.41) is 3.23. The Morgan fingerprint density at radius 1 is 1.12 bits per heavy atom. The Balaban J connectivity index is 1.43. The maximum atomic E-state index is 12.6. The molecular weight excluding hydrogens is 450 g/mol. The smallest absolute Gasteiger partial charge is 0.250 e. The SMILES string of the molecule is CCN(CC)S(=O)(=O)c1ccc(/C=C/C(=O)Nc2nc3cc4c(cc3s2)OCCO4)cc1. The molecule has 0 atom stereocenters. The van der Waals surface area contributed by atoms with E-state index >= 15 is 0 Å². The Labute approximate surface area is 190 Å². The molecule has 0 fully saturated rings. The van der Waals surface area contributed by atoms with Crippen molar-refractivity contribution >= 4 is 48.7 Å². The average molecular weight is 474 g/mol. The van der Waals surface area contributed by atoms with Crippen molar-refractivity contribution in [2.75, 3.05) is 31.6 Å². The molecule has 0 saturated heterocycles. The molecule has 1 aliphatic heterocycles. The maximum Gasteiger partial charge on any atom is 0.250 e. The van der Waals surface area contributed by atoms with Crippen molar-refractivity contribution in [1.82, 2.24) is 9.29 Å². The van der Waals surface area contributed by atoms with Gasteiger partial charge in [-0.3, -0.25) is 10.1 Å². The maximum absolute atomic E-state index is 12.6. The van der Waals surface area contributed by atoms with Gasteiger partial charge >= 0.3 is 0 Å². The summed E-state index contributed by atoms with van der Waals surface area (Å²) < 4.78 is 38.5. The molecule has 1 N–H and O–H groups in total. The summed E-state index contributed by atoms with van der Waals surface area (Å²) in [7, 11) is -3.50. The van der Waals surface area contributed by atoms with E-state index in [2.05, 4.69) is 10.3 Å². The summed E-state index contributed by atoms with van der Waals surface area (Å²) in [6.45, 7) is 5.44. The summed E-state index contributed by atoms with van der Waals surface area (Å²) >= 11 is 1.35. The molecule has 0 spiro atoms. The van der Waals surface area contributed by atoms with E-state index < -0.39 is 10.0 Å². The number of aromatic nitrogens is 1. The molecule has 3 aromatic rings. The van der Waals surface area contributed by atoms with Gasteiger partial charge in [0.15, 0.2) is 16.6 Å². The Morgan fingerprint density at radius 2 is 1.78 bits per heavy atom. The molecule has 4 rings (SSSR count). The van der Waals surface area contributed by atoms with Gasteiger partial charge < -0.3 is 9.47 Å². The van der Waals surface area contributed by atoms with Crippen molar-refractivity contribution in [2.24, 2.45) is 0 Å². The third kappa shape index (κ3) is 4.62. The first-order chi connectivity index (χ1) is 15.4. The molecule has 2 aromatic carbocycles. The Bertz CT molecular complexity index is 1220. The first-order valence-electron chi connectivity index (χ1n) is 10.2. The number of amides is 1. The van der Waals surface area contributed by atoms with Crippen molar-refractivity contribution in [1.29, 1.82) is 0 Å². The monoisotopic (exact) mass is 473 g/mol. The van der Waals surface area contributed by atoms with Gasteiger partial charge in [-0.15, -0.1) is 0 Å². The van der Waals surface area contributed by atoms with Gasteiger partial charge in [0.2, 0.25) is 15.9 Å². The minimum atomic E-state index is -3.50. The van der Waals surface area contributed by atoms with Crippen LogP contribution in [0.2, 0.25) is 0 Å². The van der Waals surface area contributed by atoms with E-state index in [1.54, 1.807) is 50.3 Å². The number of hydrogen-bond donors (Lipinski definition) is 1. The lowest BCUT2D eigenvalue weighted by Gasteiger charge is -2.18. The number of anilines is 1. The molecule has 1 amide bonds. The second kappa shape index (κ2) is 9.27. The number of benzene rings is 2. The Kier molecular flexibility index (Phi) is 6.45. The number of fused-ring (bicyclic) bond motifs is 2. The van der Waals surface area contributed by atoms with Crippen LogP contribution >= 0.6 is 11.3 Å². The van der Waals surface area contributed by atoms with Crippen LogP contribution in [0.1, 0.15) is 19.4 Å². The highest BCUT2D eigenvalue weighted by molar-refractivity contribution is 7.89. The van der Waals surface area contributed by atoms with Gasteiger partial charge in [-0.25, -0.2) is 13.4 Å². The molecule has 10 heteroatoms. The standard InChI is InChI=1S/C22H23N3O5S2/c1-3-25(4-2)32(27,28)16-8-5-15(6-9-16)7-10-21(26)24-22-23-17-13-18-19(14-20(17)31-22)30-12-11-29-18/h5-10,13-14H,3-4,11-12H2,1-2H3,(H,23,24,26)/b10-7+. The molecule has 2 heterocycles. The lowest BCUT2D eigenvalue weighted by Crippen LogP contribution is -2.30. The molecule has 1 aliphatic rings. The Morgan fingerprint density at radius 3 is 2.44 bits per heavy atom. The van der Waals surface area contributed by atoms with Crippen LogP contribution in [0.4, 0.5) is 5.13 Å². The fourth-order valence-corrected chi connectivity index (χ4v) is 5.64. The van der Waals surface area contributed by atoms with Gasteiger partial charge in [0.1, 0.15) is 13.2 Å². The minimum Gasteiger partial charge on any atom is -0.486 e. The number of nitrogens with one attached hydrogen (secondary N) is 1. The molecule has 1 aromatic heterocycles. The molecule has 0 radical (unpaired) electrons. The van der Waals surface area contributed by atoms with E-state index in [0.29, 0.717) is 48.5 Å². The number of carbonyl (C=O) groups excluding carboxylic acids is 1. The zero-order chi connectivity index (χ0) is 22.7. The molecule has 168 valence electrons. The predicted octanol–water partition coefficient (Wildman–Crippen LogP) is 3.75. The van der Waals surface area contributed by atoms with E-state index in [4.69, 9.17) is 9.47 Å². The summed E-state index contributed by atoms with van der Waals surface area (Å²) in [5.74, 6) is 0.996. The Hall–Kier alpha value is -2.95. The van der Waals surface area contributed by atoms with E-state index in [-0.39, 0.29) is 10.8 Å². The normalized spacial score (nSPS) is 13.7. The lowest BCUT2D eigenvalue weighted by atomic mass is 10.2. The molecule has 0 bridgehead atoms. The molecule has 32 heavy (non-hydrogen) atoms. The number of rotatable bonds is 7. The third-order valence-corrected chi connectivity index (χ3v) is 7.93. The van der Waals surface area contributed by atoms with Gasteiger partial charge in [0.25, 0.3) is 0 Å². The van der Waals surface area contributed by atoms with Gasteiger partial charge in [-0.1, -0.05) is 37.3 Å². The minimum absolute atomic E-state index is 0.230. The van der Waals surface area contributed by atoms with Gasteiger partial charge in [-0.2, -0.15) is 4.31 Å². The summed E-state index contributed by atoms with van der Waals surface area (Å²) in [6.07, 6.45) is 3.01. The first kappa shape index (κ1) is 22.3. The van der Waals surface area contributed by atoms with Gasteiger partial charge in [0, 0.05) is 31.3 Å². The van der Waals surface area contributed by atoms with Crippen LogP contribution in [-0.2, 0) is 14.8 Å². The van der Waals surface area contributed by atoms with Gasteiger partial charge in [0.05, 0.1) is 15.1 Å². The van der Waals surface area contributed by atoms with E-state index in [9.17, 15) is 13.2 Å². The second-order valence-electron chi connectivity index (χ2n) is 6.96. The molecule has 0 aliphatic carbocycles. The van der Waals surface area contributed by atoms with Crippen molar-refractivity contribution in [3.63, 3.8) is 0 Å². The summed E-state index contributed by atoms with van der Waals surface area (Å²) in [4.78, 5) is 17.0. The van der Waals surface area contributed by atoms with E-state index in [0.717, 1.165) is 10.2 Å². The van der Waals surface area contributed by atoms with Crippen LogP contribution < -0.4 is 14.8 Å². The molecule has 0 saturated carbocycles. The highest BCUT2D eigenvalue weighted by Gasteiger charge is 2.21. The van der Waals surface area contributed by atoms with Crippen LogP contribution in [0.3, 0.4) is 0 Å². The highest BCUT2D eigenvalue weighted by atomic mass is 32.2. The third-order valence-electron chi connectivity index (χ3n) is 4.93.